The SMILES string of the molecule is CC1=C(c2ccc(N3C(=O)OC(CO)C3C)c(O)c2)CN=C(C#N)C1. The number of nitrogens with zero attached hydrogens (tertiary/aromatic N) is 3. The lowest BCUT2D eigenvalue weighted by Crippen LogP contribution is -2.35. The van der Waals surface area contributed by atoms with Crippen LogP contribution in [0.1, 0.15) is 25.8 Å². The number of benzene rings is 1. The summed E-state index contributed by atoms with van der Waals surface area (Å²) in [6, 6.07) is 6.75. The Balaban J connectivity index is 1.90. The lowest BCUT2D eigenvalue weighted by Gasteiger charge is -2.22. The highest BCUT2D eigenvalue weighted by atomic mass is 16.6. The minimum Gasteiger partial charge on any atom is -0.506 e. The topological polar surface area (TPSA) is 106 Å². The summed E-state index contributed by atoms with van der Waals surface area (Å²) in [5, 5.41) is 28.7. The normalized spacial score (nSPS) is 23.4. The largest absolute Gasteiger partial charge is 0.506 e. The van der Waals surface area contributed by atoms with E-state index in [2.05, 4.69) is 11.1 Å². The van der Waals surface area contributed by atoms with E-state index in [9.17, 15) is 15.0 Å². The van der Waals surface area contributed by atoms with Crippen molar-refractivity contribution in [3.05, 3.63) is 29.3 Å². The van der Waals surface area contributed by atoms with Crippen LogP contribution in [0.25, 0.3) is 5.57 Å². The van der Waals surface area contributed by atoms with Crippen molar-refractivity contribution in [3.63, 3.8) is 0 Å². The molecule has 3 rings (SSSR count). The number of cyclic esters (lactones) is 1. The Labute approximate surface area is 145 Å². The van der Waals surface area contributed by atoms with Crippen LogP contribution in [0.15, 0.2) is 28.8 Å². The van der Waals surface area contributed by atoms with E-state index in [1.807, 2.05) is 13.0 Å². The molecule has 2 aliphatic heterocycles. The van der Waals surface area contributed by atoms with Gasteiger partial charge >= 0.3 is 6.09 Å². The minimum absolute atomic E-state index is 0.0461. The molecule has 25 heavy (non-hydrogen) atoms. The van der Waals surface area contributed by atoms with E-state index in [1.54, 1.807) is 19.1 Å². The van der Waals surface area contributed by atoms with Crippen LogP contribution >= 0.6 is 0 Å². The molecule has 0 radical (unpaired) electrons. The molecular weight excluding hydrogens is 322 g/mol. The Morgan fingerprint density at radius 2 is 2.24 bits per heavy atom. The van der Waals surface area contributed by atoms with Crippen LogP contribution in [0.5, 0.6) is 5.75 Å². The summed E-state index contributed by atoms with van der Waals surface area (Å²) in [4.78, 5) is 17.6. The molecule has 2 unspecified atom stereocenters. The van der Waals surface area contributed by atoms with Gasteiger partial charge in [0, 0.05) is 6.42 Å². The van der Waals surface area contributed by atoms with E-state index < -0.39 is 12.2 Å². The van der Waals surface area contributed by atoms with Gasteiger partial charge in [0.05, 0.1) is 24.9 Å². The number of phenols is 1. The molecule has 0 spiro atoms. The number of aliphatic imine (C=N–C) groups is 1. The highest BCUT2D eigenvalue weighted by molar-refractivity contribution is 6.03. The van der Waals surface area contributed by atoms with E-state index in [0.29, 0.717) is 24.4 Å². The number of hydrogen-bond acceptors (Lipinski definition) is 6. The van der Waals surface area contributed by atoms with Gasteiger partial charge in [0.15, 0.2) is 0 Å². The summed E-state index contributed by atoms with van der Waals surface area (Å²) < 4.78 is 5.10. The molecule has 0 aliphatic carbocycles. The molecule has 1 amide bonds. The van der Waals surface area contributed by atoms with Crippen molar-refractivity contribution >= 4 is 23.1 Å². The summed E-state index contributed by atoms with van der Waals surface area (Å²) >= 11 is 0. The highest BCUT2D eigenvalue weighted by Gasteiger charge is 2.40. The first-order chi connectivity index (χ1) is 12.0. The van der Waals surface area contributed by atoms with E-state index >= 15 is 0 Å². The predicted molar refractivity (Wildman–Crippen MR) is 92.5 cm³/mol. The Morgan fingerprint density at radius 3 is 2.80 bits per heavy atom. The lowest BCUT2D eigenvalue weighted by atomic mass is 9.94. The quantitative estimate of drug-likeness (QED) is 0.877. The van der Waals surface area contributed by atoms with E-state index in [-0.39, 0.29) is 18.4 Å². The number of aliphatic hydroxyl groups is 1. The molecule has 2 heterocycles. The maximum Gasteiger partial charge on any atom is 0.415 e. The number of aromatic hydroxyl groups is 1. The molecule has 0 bridgehead atoms. The van der Waals surface area contributed by atoms with Crippen LogP contribution in [0.4, 0.5) is 10.5 Å². The number of anilines is 1. The van der Waals surface area contributed by atoms with Crippen LogP contribution in [0.2, 0.25) is 0 Å². The first kappa shape index (κ1) is 17.0. The number of ether oxygens (including phenoxy) is 1. The van der Waals surface area contributed by atoms with Crippen molar-refractivity contribution in [2.45, 2.75) is 32.4 Å². The van der Waals surface area contributed by atoms with Crippen LogP contribution in [-0.2, 0) is 4.74 Å². The molecule has 2 aliphatic rings. The number of carbonyl (C=O) groups is 1. The fourth-order valence-electron chi connectivity index (χ4n) is 3.18. The van der Waals surface area contributed by atoms with Crippen molar-refractivity contribution < 1.29 is 19.7 Å². The molecular formula is C18H19N3O4. The zero-order valence-corrected chi connectivity index (χ0v) is 14.1. The summed E-state index contributed by atoms with van der Waals surface area (Å²) in [5.41, 5.74) is 3.65. The monoisotopic (exact) mass is 341 g/mol. The second-order valence-corrected chi connectivity index (χ2v) is 6.23. The number of aliphatic hydroxyl groups excluding tert-OH is 1. The van der Waals surface area contributed by atoms with E-state index in [0.717, 1.165) is 16.7 Å². The number of rotatable bonds is 3. The Kier molecular flexibility index (Phi) is 4.47. The predicted octanol–water partition coefficient (Wildman–Crippen LogP) is 2.24. The number of carbonyl (C=O) groups excluding carboxylic acids is 1. The zero-order chi connectivity index (χ0) is 18.1. The molecule has 130 valence electrons. The van der Waals surface area contributed by atoms with E-state index in [1.165, 1.54) is 4.90 Å². The number of hydrogen-bond donors (Lipinski definition) is 2. The Hall–Kier alpha value is -2.85. The summed E-state index contributed by atoms with van der Waals surface area (Å²) in [6.45, 7) is 3.82. The molecule has 0 saturated carbocycles. The smallest absolute Gasteiger partial charge is 0.415 e. The van der Waals surface area contributed by atoms with Gasteiger partial charge in [-0.2, -0.15) is 5.26 Å². The molecule has 0 aromatic heterocycles. The fourth-order valence-corrected chi connectivity index (χ4v) is 3.18. The zero-order valence-electron chi connectivity index (χ0n) is 14.1. The van der Waals surface area contributed by atoms with Gasteiger partial charge in [-0.15, -0.1) is 0 Å². The van der Waals surface area contributed by atoms with Gasteiger partial charge in [0.25, 0.3) is 0 Å². The second-order valence-electron chi connectivity index (χ2n) is 6.23. The van der Waals surface area contributed by atoms with Gasteiger partial charge in [0.1, 0.15) is 23.6 Å². The van der Waals surface area contributed by atoms with Crippen LogP contribution in [-0.4, -0.2) is 47.3 Å². The van der Waals surface area contributed by atoms with Gasteiger partial charge in [-0.25, -0.2) is 4.79 Å². The molecule has 7 nitrogen and oxygen atoms in total. The molecule has 1 aromatic carbocycles. The van der Waals surface area contributed by atoms with Crippen LogP contribution in [0, 0.1) is 11.3 Å². The summed E-state index contributed by atoms with van der Waals surface area (Å²) in [5.74, 6) is -0.0461. The Morgan fingerprint density at radius 1 is 1.48 bits per heavy atom. The number of amides is 1. The van der Waals surface area contributed by atoms with Crippen molar-refractivity contribution in [1.82, 2.24) is 0 Å². The summed E-state index contributed by atoms with van der Waals surface area (Å²) in [7, 11) is 0. The summed E-state index contributed by atoms with van der Waals surface area (Å²) in [6.07, 6.45) is -0.707. The lowest BCUT2D eigenvalue weighted by molar-refractivity contribution is 0.0853. The third-order valence-electron chi connectivity index (χ3n) is 4.66. The number of nitriles is 1. The highest BCUT2D eigenvalue weighted by Crippen LogP contribution is 2.37. The number of phenolic OH excluding ortho intramolecular Hbond substituents is 1. The van der Waals surface area contributed by atoms with Crippen molar-refractivity contribution in [3.8, 4) is 11.8 Å². The third kappa shape index (κ3) is 2.96. The molecule has 2 N–H and O–H groups in total. The molecule has 1 fully saturated rings. The van der Waals surface area contributed by atoms with Gasteiger partial charge in [-0.3, -0.25) is 9.89 Å². The Bertz CT molecular complexity index is 822. The molecule has 1 saturated heterocycles. The average Bonchev–Trinajstić information content (AvgIpc) is 2.88. The maximum absolute atomic E-state index is 12.0. The minimum atomic E-state index is -0.617. The number of allylic oxidation sites excluding steroid dienone is 1. The maximum atomic E-state index is 12.0. The first-order valence-corrected chi connectivity index (χ1v) is 8.02. The van der Waals surface area contributed by atoms with Crippen LogP contribution < -0.4 is 4.90 Å². The van der Waals surface area contributed by atoms with Crippen molar-refractivity contribution in [2.75, 3.05) is 18.1 Å². The average molecular weight is 341 g/mol. The van der Waals surface area contributed by atoms with Crippen molar-refractivity contribution in [1.29, 1.82) is 5.26 Å². The van der Waals surface area contributed by atoms with Gasteiger partial charge in [0.2, 0.25) is 0 Å². The fraction of sp³-hybridized carbons (Fsp3) is 0.389. The standard InChI is InChI=1S/C18H19N3O4/c1-10-5-13(7-19)20-8-14(10)12-3-4-15(16(23)6-12)21-11(2)17(9-22)25-18(21)24/h3-4,6,11,17,22-23H,5,8-9H2,1-2H3. The molecule has 1 aromatic rings. The van der Waals surface area contributed by atoms with Gasteiger partial charge in [-0.1, -0.05) is 11.6 Å². The van der Waals surface area contributed by atoms with Gasteiger partial charge < -0.3 is 14.9 Å². The molecule has 2 atom stereocenters. The third-order valence-corrected chi connectivity index (χ3v) is 4.66. The van der Waals surface area contributed by atoms with Gasteiger partial charge in [-0.05, 0) is 37.1 Å². The first-order valence-electron chi connectivity index (χ1n) is 8.02. The molecule has 7 heteroatoms. The second kappa shape index (κ2) is 6.57. The van der Waals surface area contributed by atoms with Crippen molar-refractivity contribution in [2.24, 2.45) is 4.99 Å². The van der Waals surface area contributed by atoms with E-state index in [4.69, 9.17) is 10.00 Å². The number of dihydropyridines is 1. The van der Waals surface area contributed by atoms with Crippen LogP contribution in [0.3, 0.4) is 0 Å².